The summed E-state index contributed by atoms with van der Waals surface area (Å²) in [6, 6.07) is 20.9. The van der Waals surface area contributed by atoms with Gasteiger partial charge in [0.2, 0.25) is 11.1 Å². The van der Waals surface area contributed by atoms with Gasteiger partial charge in [0, 0.05) is 5.56 Å². The van der Waals surface area contributed by atoms with Gasteiger partial charge in [-0.2, -0.15) is 0 Å². The third-order valence-electron chi connectivity index (χ3n) is 5.09. The predicted molar refractivity (Wildman–Crippen MR) is 119 cm³/mol. The van der Waals surface area contributed by atoms with E-state index in [1.165, 1.54) is 36.0 Å². The number of fused-ring (bicyclic) bond motifs is 1. The molecule has 6 nitrogen and oxygen atoms in total. The van der Waals surface area contributed by atoms with Crippen LogP contribution in [0.3, 0.4) is 0 Å². The zero-order valence-electron chi connectivity index (χ0n) is 16.6. The summed E-state index contributed by atoms with van der Waals surface area (Å²) >= 11 is 1.21. The first kappa shape index (κ1) is 20.2. The van der Waals surface area contributed by atoms with Crippen LogP contribution in [0.2, 0.25) is 0 Å². The van der Waals surface area contributed by atoms with Crippen LogP contribution in [0.5, 0.6) is 0 Å². The molecular weight excluding hydrogens is 432 g/mol. The molecule has 0 fully saturated rings. The zero-order valence-corrected chi connectivity index (χ0v) is 17.4. The number of thioether (sulfide) groups is 1. The molecule has 0 radical (unpaired) electrons. The number of halogens is 2. The molecule has 1 aliphatic rings. The van der Waals surface area contributed by atoms with E-state index >= 15 is 0 Å². The SMILES string of the molecule is O=C(Nc1ccccc1F)[C@@H]1Sc2nnc(-c3ccccc3)n2N[C@H]1c1ccc(F)cc1. The number of aromatic nitrogens is 3. The molecule has 0 bridgehead atoms. The van der Waals surface area contributed by atoms with E-state index in [9.17, 15) is 13.6 Å². The highest BCUT2D eigenvalue weighted by Crippen LogP contribution is 2.39. The first-order valence-electron chi connectivity index (χ1n) is 9.85. The van der Waals surface area contributed by atoms with E-state index in [2.05, 4.69) is 20.9 Å². The van der Waals surface area contributed by atoms with Crippen LogP contribution in [-0.4, -0.2) is 26.0 Å². The number of hydrogen-bond acceptors (Lipinski definition) is 5. The number of carbonyl (C=O) groups excluding carboxylic acids is 1. The van der Waals surface area contributed by atoms with Gasteiger partial charge in [-0.25, -0.2) is 13.5 Å². The van der Waals surface area contributed by atoms with Gasteiger partial charge in [-0.3, -0.25) is 4.79 Å². The summed E-state index contributed by atoms with van der Waals surface area (Å²) in [5, 5.41) is 11.0. The number of carbonyl (C=O) groups is 1. The second-order valence-corrected chi connectivity index (χ2v) is 8.28. The summed E-state index contributed by atoms with van der Waals surface area (Å²) in [6.07, 6.45) is 0. The smallest absolute Gasteiger partial charge is 0.240 e. The van der Waals surface area contributed by atoms with Crippen LogP contribution in [0.25, 0.3) is 11.4 Å². The zero-order chi connectivity index (χ0) is 22.1. The topological polar surface area (TPSA) is 71.8 Å². The lowest BCUT2D eigenvalue weighted by Crippen LogP contribution is -2.41. The van der Waals surface area contributed by atoms with Crippen molar-refractivity contribution in [3.05, 3.63) is 96.1 Å². The van der Waals surface area contributed by atoms with Crippen molar-refractivity contribution in [2.24, 2.45) is 0 Å². The maximum Gasteiger partial charge on any atom is 0.240 e. The molecule has 5 rings (SSSR count). The first-order chi connectivity index (χ1) is 15.6. The van der Waals surface area contributed by atoms with Gasteiger partial charge in [-0.1, -0.05) is 66.4 Å². The molecule has 0 saturated carbocycles. The maximum absolute atomic E-state index is 14.1. The molecule has 0 aliphatic carbocycles. The molecule has 0 unspecified atom stereocenters. The average Bonchev–Trinajstić information content (AvgIpc) is 3.24. The lowest BCUT2D eigenvalue weighted by Gasteiger charge is -2.33. The molecule has 0 saturated heterocycles. The average molecular weight is 449 g/mol. The normalized spacial score (nSPS) is 17.3. The predicted octanol–water partition coefficient (Wildman–Crippen LogP) is 4.62. The number of rotatable bonds is 4. The van der Waals surface area contributed by atoms with E-state index in [1.54, 1.807) is 28.9 Å². The first-order valence-corrected chi connectivity index (χ1v) is 10.7. The Hall–Kier alpha value is -3.72. The van der Waals surface area contributed by atoms with Crippen LogP contribution in [0.1, 0.15) is 11.6 Å². The Morgan fingerprint density at radius 3 is 2.41 bits per heavy atom. The number of anilines is 1. The fourth-order valence-corrected chi connectivity index (χ4v) is 4.60. The summed E-state index contributed by atoms with van der Waals surface area (Å²) in [4.78, 5) is 13.2. The Morgan fingerprint density at radius 2 is 1.66 bits per heavy atom. The largest absolute Gasteiger partial charge is 0.323 e. The third kappa shape index (κ3) is 3.82. The third-order valence-corrected chi connectivity index (χ3v) is 6.30. The molecule has 3 aromatic carbocycles. The summed E-state index contributed by atoms with van der Waals surface area (Å²) < 4.78 is 29.4. The van der Waals surface area contributed by atoms with Gasteiger partial charge < -0.3 is 10.7 Å². The Morgan fingerprint density at radius 1 is 0.938 bits per heavy atom. The minimum Gasteiger partial charge on any atom is -0.323 e. The van der Waals surface area contributed by atoms with Crippen LogP contribution < -0.4 is 10.7 Å². The highest BCUT2D eigenvalue weighted by atomic mass is 32.2. The summed E-state index contributed by atoms with van der Waals surface area (Å²) in [7, 11) is 0. The Kier molecular flexibility index (Phi) is 5.32. The lowest BCUT2D eigenvalue weighted by atomic mass is 10.0. The molecule has 1 aromatic heterocycles. The van der Waals surface area contributed by atoms with Crippen LogP contribution in [0.4, 0.5) is 14.5 Å². The molecule has 4 aromatic rings. The minimum absolute atomic E-state index is 0.0907. The summed E-state index contributed by atoms with van der Waals surface area (Å²) in [5.41, 5.74) is 4.95. The van der Waals surface area contributed by atoms with Crippen molar-refractivity contribution in [3.8, 4) is 11.4 Å². The van der Waals surface area contributed by atoms with Gasteiger partial charge in [-0.15, -0.1) is 10.2 Å². The standard InChI is InChI=1S/C23H17F2N5OS/c24-16-12-10-14(11-13-16)19-20(22(31)26-18-9-5-4-8-17(18)25)32-23-28-27-21(30(23)29-19)15-6-2-1-3-7-15/h1-13,19-20,29H,(H,26,31)/t19-,20+/m0/s1. The van der Waals surface area contributed by atoms with Gasteiger partial charge in [0.1, 0.15) is 16.9 Å². The Bertz CT molecular complexity index is 1260. The molecule has 9 heteroatoms. The lowest BCUT2D eigenvalue weighted by molar-refractivity contribution is -0.116. The molecule has 160 valence electrons. The second-order valence-electron chi connectivity index (χ2n) is 7.17. The number of hydrogen-bond donors (Lipinski definition) is 2. The number of nitrogens with one attached hydrogen (secondary N) is 2. The van der Waals surface area contributed by atoms with E-state index in [0.717, 1.165) is 5.56 Å². The van der Waals surface area contributed by atoms with Crippen molar-refractivity contribution in [3.63, 3.8) is 0 Å². The molecular formula is C23H17F2N5OS. The number of nitrogens with zero attached hydrogens (tertiary/aromatic N) is 3. The highest BCUT2D eigenvalue weighted by molar-refractivity contribution is 8.00. The molecule has 2 heterocycles. The van der Waals surface area contributed by atoms with Gasteiger partial charge in [0.05, 0.1) is 11.7 Å². The summed E-state index contributed by atoms with van der Waals surface area (Å²) in [6.45, 7) is 0. The molecule has 32 heavy (non-hydrogen) atoms. The van der Waals surface area contributed by atoms with Crippen LogP contribution in [0, 0.1) is 11.6 Å². The van der Waals surface area contributed by atoms with E-state index in [0.29, 0.717) is 16.5 Å². The van der Waals surface area contributed by atoms with Crippen molar-refractivity contribution < 1.29 is 13.6 Å². The Balaban J connectivity index is 1.52. The molecule has 2 atom stereocenters. The van der Waals surface area contributed by atoms with Gasteiger partial charge >= 0.3 is 0 Å². The molecule has 0 spiro atoms. The van der Waals surface area contributed by atoms with Crippen molar-refractivity contribution >= 4 is 23.4 Å². The van der Waals surface area contributed by atoms with E-state index in [4.69, 9.17) is 0 Å². The van der Waals surface area contributed by atoms with Gasteiger partial charge in [0.25, 0.3) is 0 Å². The van der Waals surface area contributed by atoms with E-state index in [1.807, 2.05) is 30.3 Å². The van der Waals surface area contributed by atoms with Gasteiger partial charge in [0.15, 0.2) is 5.82 Å². The van der Waals surface area contributed by atoms with Gasteiger partial charge in [-0.05, 0) is 29.8 Å². The highest BCUT2D eigenvalue weighted by Gasteiger charge is 2.38. The van der Waals surface area contributed by atoms with Crippen molar-refractivity contribution in [2.75, 3.05) is 10.7 Å². The second kappa shape index (κ2) is 8.43. The van der Waals surface area contributed by atoms with Crippen molar-refractivity contribution in [1.82, 2.24) is 14.9 Å². The van der Waals surface area contributed by atoms with Crippen LogP contribution in [0.15, 0.2) is 84.0 Å². The number of para-hydroxylation sites is 1. The van der Waals surface area contributed by atoms with Crippen molar-refractivity contribution in [2.45, 2.75) is 16.4 Å². The van der Waals surface area contributed by atoms with Crippen LogP contribution >= 0.6 is 11.8 Å². The Labute approximate surface area is 186 Å². The quantitative estimate of drug-likeness (QED) is 0.476. The summed E-state index contributed by atoms with van der Waals surface area (Å²) in [5.74, 6) is -0.715. The fraction of sp³-hybridized carbons (Fsp3) is 0.0870. The number of amides is 1. The minimum atomic E-state index is -0.708. The van der Waals surface area contributed by atoms with Crippen molar-refractivity contribution in [1.29, 1.82) is 0 Å². The van der Waals surface area contributed by atoms with Crippen LogP contribution in [-0.2, 0) is 4.79 Å². The molecule has 2 N–H and O–H groups in total. The monoisotopic (exact) mass is 449 g/mol. The fourth-order valence-electron chi connectivity index (χ4n) is 3.52. The van der Waals surface area contributed by atoms with E-state index in [-0.39, 0.29) is 11.5 Å². The molecule has 1 amide bonds. The van der Waals surface area contributed by atoms with E-state index < -0.39 is 23.0 Å². The molecule has 1 aliphatic heterocycles. The maximum atomic E-state index is 14.1. The number of benzene rings is 3.